The third kappa shape index (κ3) is 3.70. The zero-order valence-electron chi connectivity index (χ0n) is 10.2. The van der Waals surface area contributed by atoms with Crippen LogP contribution in [0.15, 0.2) is 34.6 Å². The first-order chi connectivity index (χ1) is 6.89. The summed E-state index contributed by atoms with van der Waals surface area (Å²) in [5.74, 6) is 0. The highest BCUT2D eigenvalue weighted by molar-refractivity contribution is 5.39. The van der Waals surface area contributed by atoms with Crippen LogP contribution in [0.5, 0.6) is 0 Å². The fourth-order valence-corrected chi connectivity index (χ4v) is 1.17. The van der Waals surface area contributed by atoms with Gasteiger partial charge in [0.05, 0.1) is 5.69 Å². The Morgan fingerprint density at radius 1 is 1.00 bits per heavy atom. The number of benzene rings is 1. The Kier molecular flexibility index (Phi) is 3.45. The molecule has 0 aromatic heterocycles. The Morgan fingerprint density at radius 2 is 1.53 bits per heavy atom. The van der Waals surface area contributed by atoms with Crippen molar-refractivity contribution >= 4 is 5.69 Å². The monoisotopic (exact) mass is 205 g/mol. The van der Waals surface area contributed by atoms with Gasteiger partial charge in [-0.25, -0.2) is 0 Å². The third-order valence-corrected chi connectivity index (χ3v) is 2.07. The maximum Gasteiger partial charge on any atom is 0.0874 e. The van der Waals surface area contributed by atoms with Crippen LogP contribution in [-0.2, 0) is 5.41 Å². The summed E-state index contributed by atoms with van der Waals surface area (Å²) in [7, 11) is 3.71. The lowest BCUT2D eigenvalue weighted by molar-refractivity contribution is 0.408. The molecule has 1 rings (SSSR count). The molecule has 3 nitrogen and oxygen atoms in total. The molecule has 0 saturated carbocycles. The van der Waals surface area contributed by atoms with Gasteiger partial charge in [-0.3, -0.25) is 5.01 Å². The number of hydrogen-bond donors (Lipinski definition) is 0. The van der Waals surface area contributed by atoms with E-state index in [1.54, 1.807) is 5.01 Å². The van der Waals surface area contributed by atoms with Gasteiger partial charge < -0.3 is 0 Å². The van der Waals surface area contributed by atoms with E-state index in [4.69, 9.17) is 0 Å². The van der Waals surface area contributed by atoms with E-state index in [-0.39, 0.29) is 5.41 Å². The van der Waals surface area contributed by atoms with Crippen molar-refractivity contribution in [1.82, 2.24) is 5.01 Å². The van der Waals surface area contributed by atoms with E-state index in [9.17, 15) is 0 Å². The van der Waals surface area contributed by atoms with Crippen molar-refractivity contribution in [1.29, 1.82) is 0 Å². The molecule has 3 heteroatoms. The Bertz CT molecular complexity index is 331. The molecule has 0 atom stereocenters. The van der Waals surface area contributed by atoms with Crippen molar-refractivity contribution in [2.24, 2.45) is 10.3 Å². The Hall–Kier alpha value is -1.38. The Morgan fingerprint density at radius 3 is 1.93 bits per heavy atom. The fraction of sp³-hybridized carbons (Fsp3) is 0.500. The van der Waals surface area contributed by atoms with Gasteiger partial charge in [0.1, 0.15) is 0 Å². The summed E-state index contributed by atoms with van der Waals surface area (Å²) in [4.78, 5) is 0. The molecule has 0 aliphatic rings. The molecule has 15 heavy (non-hydrogen) atoms. The van der Waals surface area contributed by atoms with E-state index < -0.39 is 0 Å². The van der Waals surface area contributed by atoms with E-state index in [2.05, 4.69) is 43.2 Å². The smallest absolute Gasteiger partial charge is 0.0874 e. The van der Waals surface area contributed by atoms with Crippen LogP contribution >= 0.6 is 0 Å². The topological polar surface area (TPSA) is 28.0 Å². The van der Waals surface area contributed by atoms with Crippen LogP contribution in [0, 0.1) is 0 Å². The van der Waals surface area contributed by atoms with Gasteiger partial charge in [0.2, 0.25) is 0 Å². The van der Waals surface area contributed by atoms with Crippen LogP contribution in [0.3, 0.4) is 0 Å². The number of hydrogen-bond acceptors (Lipinski definition) is 2. The largest absolute Gasteiger partial charge is 0.285 e. The lowest BCUT2D eigenvalue weighted by Crippen LogP contribution is -2.10. The highest BCUT2D eigenvalue weighted by atomic mass is 15.5. The predicted octanol–water partition coefficient (Wildman–Crippen LogP) is 3.54. The van der Waals surface area contributed by atoms with Gasteiger partial charge in [0.15, 0.2) is 0 Å². The van der Waals surface area contributed by atoms with Gasteiger partial charge in [0.25, 0.3) is 0 Å². The van der Waals surface area contributed by atoms with Gasteiger partial charge >= 0.3 is 0 Å². The minimum atomic E-state index is 0.192. The summed E-state index contributed by atoms with van der Waals surface area (Å²) in [6.45, 7) is 6.59. The molecular formula is C12H19N3. The molecule has 0 radical (unpaired) electrons. The molecule has 0 amide bonds. The highest BCUT2D eigenvalue weighted by Gasteiger charge is 2.12. The van der Waals surface area contributed by atoms with Crippen molar-refractivity contribution in [2.45, 2.75) is 26.2 Å². The molecule has 1 aromatic rings. The SMILES string of the molecule is CN(C)N=Nc1ccc(C(C)(C)C)cc1. The van der Waals surface area contributed by atoms with E-state index in [0.717, 1.165) is 5.69 Å². The second-order valence-corrected chi connectivity index (χ2v) is 4.83. The normalized spacial score (nSPS) is 12.1. The molecular weight excluding hydrogens is 186 g/mol. The summed E-state index contributed by atoms with van der Waals surface area (Å²) in [6.07, 6.45) is 0. The first-order valence-electron chi connectivity index (χ1n) is 5.09. The molecule has 0 saturated heterocycles. The van der Waals surface area contributed by atoms with Crippen LogP contribution in [0.4, 0.5) is 5.69 Å². The lowest BCUT2D eigenvalue weighted by Gasteiger charge is -2.18. The predicted molar refractivity (Wildman–Crippen MR) is 63.3 cm³/mol. The van der Waals surface area contributed by atoms with Crippen molar-refractivity contribution < 1.29 is 0 Å². The summed E-state index contributed by atoms with van der Waals surface area (Å²) in [5.41, 5.74) is 2.39. The van der Waals surface area contributed by atoms with E-state index in [1.807, 2.05) is 26.2 Å². The van der Waals surface area contributed by atoms with Gasteiger partial charge in [-0.15, -0.1) is 5.11 Å². The fourth-order valence-electron chi connectivity index (χ4n) is 1.17. The minimum absolute atomic E-state index is 0.192. The number of nitrogens with zero attached hydrogens (tertiary/aromatic N) is 3. The van der Waals surface area contributed by atoms with Gasteiger partial charge in [0, 0.05) is 14.1 Å². The molecule has 82 valence electrons. The zero-order valence-corrected chi connectivity index (χ0v) is 10.2. The molecule has 0 bridgehead atoms. The quantitative estimate of drug-likeness (QED) is 0.536. The van der Waals surface area contributed by atoms with Crippen LogP contribution in [0.25, 0.3) is 0 Å². The maximum absolute atomic E-state index is 4.08. The lowest BCUT2D eigenvalue weighted by atomic mass is 9.87. The first kappa shape index (κ1) is 11.7. The van der Waals surface area contributed by atoms with E-state index in [1.165, 1.54) is 5.56 Å². The van der Waals surface area contributed by atoms with Crippen LogP contribution in [0.1, 0.15) is 26.3 Å². The molecule has 0 heterocycles. The third-order valence-electron chi connectivity index (χ3n) is 2.07. The molecule has 0 spiro atoms. The van der Waals surface area contributed by atoms with Gasteiger partial charge in [-0.1, -0.05) is 38.1 Å². The summed E-state index contributed by atoms with van der Waals surface area (Å²) in [5, 5.41) is 9.70. The Labute approximate surface area is 91.8 Å². The first-order valence-corrected chi connectivity index (χ1v) is 5.09. The minimum Gasteiger partial charge on any atom is -0.285 e. The maximum atomic E-state index is 4.08. The highest BCUT2D eigenvalue weighted by Crippen LogP contribution is 2.24. The standard InChI is InChI=1S/C12H19N3/c1-12(2,3)10-6-8-11(9-7-10)13-14-15(4)5/h6-9H,1-5H3. The second-order valence-electron chi connectivity index (χ2n) is 4.83. The average molecular weight is 205 g/mol. The molecule has 1 aromatic carbocycles. The van der Waals surface area contributed by atoms with Crippen LogP contribution in [-0.4, -0.2) is 19.1 Å². The zero-order chi connectivity index (χ0) is 11.5. The van der Waals surface area contributed by atoms with E-state index in [0.29, 0.717) is 0 Å². The molecule has 0 aliphatic heterocycles. The average Bonchev–Trinajstić information content (AvgIpc) is 2.14. The van der Waals surface area contributed by atoms with E-state index >= 15 is 0 Å². The van der Waals surface area contributed by atoms with Crippen LogP contribution < -0.4 is 0 Å². The summed E-state index contributed by atoms with van der Waals surface area (Å²) >= 11 is 0. The van der Waals surface area contributed by atoms with Gasteiger partial charge in [-0.2, -0.15) is 0 Å². The summed E-state index contributed by atoms with van der Waals surface area (Å²) < 4.78 is 0. The van der Waals surface area contributed by atoms with Crippen LogP contribution in [0.2, 0.25) is 0 Å². The van der Waals surface area contributed by atoms with Crippen molar-refractivity contribution in [3.8, 4) is 0 Å². The second kappa shape index (κ2) is 4.43. The molecule has 0 fully saturated rings. The van der Waals surface area contributed by atoms with Crippen molar-refractivity contribution in [3.63, 3.8) is 0 Å². The van der Waals surface area contributed by atoms with Crippen molar-refractivity contribution in [2.75, 3.05) is 14.1 Å². The molecule has 0 unspecified atom stereocenters. The number of rotatable bonds is 2. The molecule has 0 N–H and O–H groups in total. The molecule has 0 aliphatic carbocycles. The summed E-state index contributed by atoms with van der Waals surface area (Å²) in [6, 6.07) is 8.19. The van der Waals surface area contributed by atoms with Gasteiger partial charge in [-0.05, 0) is 23.1 Å². The van der Waals surface area contributed by atoms with Crippen molar-refractivity contribution in [3.05, 3.63) is 29.8 Å². The Balaban J connectivity index is 2.82.